The molecule has 0 unspecified atom stereocenters. The van der Waals surface area contributed by atoms with Crippen LogP contribution in [0.5, 0.6) is 0 Å². The summed E-state index contributed by atoms with van der Waals surface area (Å²) in [4.78, 5) is 19.0. The maximum Gasteiger partial charge on any atom is 0.279 e. The highest BCUT2D eigenvalue weighted by atomic mass is 16.1. The van der Waals surface area contributed by atoms with E-state index in [2.05, 4.69) is 20.3 Å². The van der Waals surface area contributed by atoms with Crippen molar-refractivity contribution in [1.82, 2.24) is 24.5 Å². The zero-order valence-electron chi connectivity index (χ0n) is 11.3. The summed E-state index contributed by atoms with van der Waals surface area (Å²) < 4.78 is 3.28. The summed E-state index contributed by atoms with van der Waals surface area (Å²) >= 11 is 0. The summed E-state index contributed by atoms with van der Waals surface area (Å²) in [7, 11) is 0. The molecule has 0 saturated carbocycles. The predicted octanol–water partition coefficient (Wildman–Crippen LogP) is -0.371. The molecule has 1 N–H and O–H groups in total. The van der Waals surface area contributed by atoms with Gasteiger partial charge in [0, 0.05) is 32.7 Å². The Morgan fingerprint density at radius 3 is 2.79 bits per heavy atom. The number of fused-ring (bicyclic) bond motifs is 1. The van der Waals surface area contributed by atoms with Gasteiger partial charge in [-0.1, -0.05) is 0 Å². The van der Waals surface area contributed by atoms with Crippen molar-refractivity contribution in [1.29, 1.82) is 0 Å². The number of piperazine rings is 1. The molecule has 0 spiro atoms. The third-order valence-corrected chi connectivity index (χ3v) is 3.52. The number of aryl methyl sites for hydroxylation is 2. The monoisotopic (exact) mass is 262 g/mol. The van der Waals surface area contributed by atoms with Crippen LogP contribution in [-0.4, -0.2) is 45.3 Å². The maximum absolute atomic E-state index is 12.3. The minimum absolute atomic E-state index is 0.0242. The minimum Gasteiger partial charge on any atom is -0.338 e. The van der Waals surface area contributed by atoms with Gasteiger partial charge < -0.3 is 10.2 Å². The van der Waals surface area contributed by atoms with Crippen LogP contribution in [0.3, 0.4) is 0 Å². The van der Waals surface area contributed by atoms with E-state index in [1.807, 2.05) is 13.8 Å². The Morgan fingerprint density at radius 2 is 2.11 bits per heavy atom. The minimum atomic E-state index is -0.0242. The molecule has 3 rings (SSSR count). The molecule has 0 radical (unpaired) electrons. The van der Waals surface area contributed by atoms with Gasteiger partial charge in [-0.15, -0.1) is 0 Å². The van der Waals surface area contributed by atoms with Crippen molar-refractivity contribution in [3.05, 3.63) is 22.4 Å². The van der Waals surface area contributed by atoms with E-state index in [1.54, 1.807) is 15.4 Å². The third-order valence-electron chi connectivity index (χ3n) is 3.52. The summed E-state index contributed by atoms with van der Waals surface area (Å²) in [6.45, 7) is 8.05. The van der Waals surface area contributed by atoms with Crippen molar-refractivity contribution in [2.24, 2.45) is 0 Å². The molecule has 0 aromatic carbocycles. The number of hydrogen-bond donors (Lipinski definition) is 1. The second-order valence-electron chi connectivity index (χ2n) is 4.72. The van der Waals surface area contributed by atoms with Crippen molar-refractivity contribution in [2.45, 2.75) is 20.4 Å². The first-order chi connectivity index (χ1) is 9.22. The van der Waals surface area contributed by atoms with E-state index in [1.165, 1.54) is 0 Å². The van der Waals surface area contributed by atoms with Crippen molar-refractivity contribution < 1.29 is 0 Å². The molecule has 7 nitrogen and oxygen atoms in total. The van der Waals surface area contributed by atoms with Gasteiger partial charge in [0.05, 0.1) is 5.69 Å². The van der Waals surface area contributed by atoms with Gasteiger partial charge in [0.15, 0.2) is 5.52 Å². The number of hydrogen-bond acceptors (Lipinski definition) is 5. The fraction of sp³-hybridized carbons (Fsp3) is 0.583. The molecule has 0 amide bonds. The molecule has 1 aliphatic heterocycles. The molecular formula is C12H18N6O. The van der Waals surface area contributed by atoms with E-state index < -0.39 is 0 Å². The van der Waals surface area contributed by atoms with E-state index in [9.17, 15) is 4.79 Å². The van der Waals surface area contributed by atoms with Crippen LogP contribution >= 0.6 is 0 Å². The molecule has 19 heavy (non-hydrogen) atoms. The van der Waals surface area contributed by atoms with Gasteiger partial charge >= 0.3 is 0 Å². The Morgan fingerprint density at radius 1 is 1.37 bits per heavy atom. The van der Waals surface area contributed by atoms with Gasteiger partial charge in [-0.3, -0.25) is 9.36 Å². The molecule has 1 saturated heterocycles. The number of imidazole rings is 1. The van der Waals surface area contributed by atoms with E-state index >= 15 is 0 Å². The van der Waals surface area contributed by atoms with Crippen LogP contribution in [0.25, 0.3) is 5.52 Å². The van der Waals surface area contributed by atoms with Crippen LogP contribution in [0.2, 0.25) is 0 Å². The maximum atomic E-state index is 12.3. The number of nitrogens with one attached hydrogen (secondary N) is 1. The SMILES string of the molecule is CCn1cnn2c(N3CCNCC3)nc(C)c2c1=O. The molecule has 1 aliphatic rings. The molecule has 2 aromatic rings. The Kier molecular flexibility index (Phi) is 2.98. The van der Waals surface area contributed by atoms with Crippen LogP contribution in [0.1, 0.15) is 12.6 Å². The summed E-state index contributed by atoms with van der Waals surface area (Å²) in [6.07, 6.45) is 1.59. The average molecular weight is 262 g/mol. The summed E-state index contributed by atoms with van der Waals surface area (Å²) in [6, 6.07) is 0. The second-order valence-corrected chi connectivity index (χ2v) is 4.72. The van der Waals surface area contributed by atoms with Crippen LogP contribution in [0.15, 0.2) is 11.1 Å². The van der Waals surface area contributed by atoms with Crippen LogP contribution in [0.4, 0.5) is 5.95 Å². The van der Waals surface area contributed by atoms with Crippen LogP contribution in [0, 0.1) is 6.92 Å². The topological polar surface area (TPSA) is 67.5 Å². The van der Waals surface area contributed by atoms with E-state index in [-0.39, 0.29) is 5.56 Å². The fourth-order valence-corrected chi connectivity index (χ4v) is 2.46. The lowest BCUT2D eigenvalue weighted by Crippen LogP contribution is -2.44. The lowest BCUT2D eigenvalue weighted by Gasteiger charge is -2.27. The van der Waals surface area contributed by atoms with Crippen molar-refractivity contribution in [3.63, 3.8) is 0 Å². The van der Waals surface area contributed by atoms with Crippen LogP contribution in [-0.2, 0) is 6.54 Å². The first-order valence-corrected chi connectivity index (χ1v) is 6.63. The molecule has 7 heteroatoms. The Bertz CT molecular complexity index is 652. The highest BCUT2D eigenvalue weighted by molar-refractivity contribution is 5.56. The summed E-state index contributed by atoms with van der Waals surface area (Å²) in [5.41, 5.74) is 1.30. The molecule has 0 atom stereocenters. The molecule has 0 bridgehead atoms. The zero-order chi connectivity index (χ0) is 13.4. The van der Waals surface area contributed by atoms with Crippen molar-refractivity contribution in [2.75, 3.05) is 31.1 Å². The van der Waals surface area contributed by atoms with E-state index in [4.69, 9.17) is 0 Å². The number of aromatic nitrogens is 4. The van der Waals surface area contributed by atoms with E-state index in [0.717, 1.165) is 37.8 Å². The number of rotatable bonds is 2. The molecule has 2 aromatic heterocycles. The number of nitrogens with zero attached hydrogens (tertiary/aromatic N) is 5. The van der Waals surface area contributed by atoms with E-state index in [0.29, 0.717) is 12.1 Å². The molecule has 0 aliphatic carbocycles. The Labute approximate surface area is 110 Å². The lowest BCUT2D eigenvalue weighted by molar-refractivity contribution is 0.573. The fourth-order valence-electron chi connectivity index (χ4n) is 2.46. The smallest absolute Gasteiger partial charge is 0.279 e. The predicted molar refractivity (Wildman–Crippen MR) is 72.7 cm³/mol. The van der Waals surface area contributed by atoms with Crippen molar-refractivity contribution >= 4 is 11.5 Å². The second kappa shape index (κ2) is 4.65. The zero-order valence-corrected chi connectivity index (χ0v) is 11.3. The largest absolute Gasteiger partial charge is 0.338 e. The standard InChI is InChI=1S/C12H18N6O/c1-3-16-8-14-18-10(11(16)19)9(2)15-12(18)17-6-4-13-5-7-17/h8,13H,3-7H2,1-2H3. The summed E-state index contributed by atoms with van der Waals surface area (Å²) in [5, 5.41) is 7.67. The molecule has 3 heterocycles. The quantitative estimate of drug-likeness (QED) is 0.800. The van der Waals surface area contributed by atoms with Gasteiger partial charge in [0.2, 0.25) is 5.95 Å². The summed E-state index contributed by atoms with van der Waals surface area (Å²) in [5.74, 6) is 0.773. The van der Waals surface area contributed by atoms with Crippen LogP contribution < -0.4 is 15.8 Å². The van der Waals surface area contributed by atoms with Gasteiger partial charge in [0.1, 0.15) is 6.33 Å². The first-order valence-electron chi connectivity index (χ1n) is 6.63. The van der Waals surface area contributed by atoms with Gasteiger partial charge in [-0.2, -0.15) is 9.61 Å². The Balaban J connectivity index is 2.17. The Hall–Kier alpha value is -1.89. The highest BCUT2D eigenvalue weighted by Crippen LogP contribution is 2.16. The van der Waals surface area contributed by atoms with Gasteiger partial charge in [-0.05, 0) is 13.8 Å². The normalized spacial score (nSPS) is 16.2. The molecule has 1 fully saturated rings. The highest BCUT2D eigenvalue weighted by Gasteiger charge is 2.20. The van der Waals surface area contributed by atoms with Crippen molar-refractivity contribution in [3.8, 4) is 0 Å². The van der Waals surface area contributed by atoms with Gasteiger partial charge in [-0.25, -0.2) is 4.98 Å². The molecule has 102 valence electrons. The molecular weight excluding hydrogens is 244 g/mol. The first kappa shape index (κ1) is 12.2. The lowest BCUT2D eigenvalue weighted by atomic mass is 10.4. The third kappa shape index (κ3) is 1.90. The average Bonchev–Trinajstić information content (AvgIpc) is 2.78. The number of anilines is 1. The van der Waals surface area contributed by atoms with Gasteiger partial charge in [0.25, 0.3) is 5.56 Å².